The molecule has 0 aliphatic heterocycles. The van der Waals surface area contributed by atoms with Gasteiger partial charge >= 0.3 is 5.69 Å². The van der Waals surface area contributed by atoms with Gasteiger partial charge in [0.1, 0.15) is 0 Å². The van der Waals surface area contributed by atoms with Crippen molar-refractivity contribution in [3.8, 4) is 0 Å². The van der Waals surface area contributed by atoms with Crippen LogP contribution in [-0.4, -0.2) is 34.6 Å². The minimum atomic E-state index is -0.447. The van der Waals surface area contributed by atoms with E-state index in [1.54, 1.807) is 7.11 Å². The van der Waals surface area contributed by atoms with Crippen LogP contribution in [0.15, 0.2) is 9.59 Å². The van der Waals surface area contributed by atoms with Gasteiger partial charge in [0.2, 0.25) is 5.82 Å². The van der Waals surface area contributed by atoms with Gasteiger partial charge < -0.3 is 10.1 Å². The van der Waals surface area contributed by atoms with Gasteiger partial charge in [0.25, 0.3) is 5.56 Å². The van der Waals surface area contributed by atoms with Crippen LogP contribution in [0.4, 0.5) is 5.82 Å². The number of hydrogen-bond acceptors (Lipinski definition) is 5. The minimum Gasteiger partial charge on any atom is -0.383 e. The van der Waals surface area contributed by atoms with Crippen molar-refractivity contribution < 1.29 is 4.74 Å². The highest BCUT2D eigenvalue weighted by molar-refractivity contribution is 5.29. The van der Waals surface area contributed by atoms with Crippen molar-refractivity contribution >= 4 is 5.82 Å². The van der Waals surface area contributed by atoms with Gasteiger partial charge in [0, 0.05) is 27.7 Å². The lowest BCUT2D eigenvalue weighted by Crippen LogP contribution is -2.40. The Kier molecular flexibility index (Phi) is 3.62. The molecule has 1 aromatic rings. The minimum absolute atomic E-state index is 0.150. The summed E-state index contributed by atoms with van der Waals surface area (Å²) in [5.74, 6) is 0.150. The van der Waals surface area contributed by atoms with Crippen LogP contribution in [0.3, 0.4) is 0 Å². The monoisotopic (exact) mass is 214 g/mol. The summed E-state index contributed by atoms with van der Waals surface area (Å²) in [6.07, 6.45) is 0. The van der Waals surface area contributed by atoms with Crippen LogP contribution in [0.5, 0.6) is 0 Å². The van der Waals surface area contributed by atoms with E-state index in [9.17, 15) is 9.59 Å². The third-order valence-corrected chi connectivity index (χ3v) is 1.92. The molecule has 0 saturated heterocycles. The van der Waals surface area contributed by atoms with E-state index in [0.717, 1.165) is 9.25 Å². The number of nitrogens with one attached hydrogen (secondary N) is 1. The average molecular weight is 214 g/mol. The van der Waals surface area contributed by atoms with Crippen molar-refractivity contribution in [2.24, 2.45) is 14.1 Å². The molecule has 7 nitrogen and oxygen atoms in total. The second-order valence-electron chi connectivity index (χ2n) is 3.04. The van der Waals surface area contributed by atoms with Gasteiger partial charge in [-0.3, -0.25) is 9.36 Å². The van der Waals surface area contributed by atoms with E-state index < -0.39 is 11.2 Å². The summed E-state index contributed by atoms with van der Waals surface area (Å²) < 4.78 is 6.93. The topological polar surface area (TPSA) is 78.2 Å². The third kappa shape index (κ3) is 2.44. The summed E-state index contributed by atoms with van der Waals surface area (Å²) in [5, 5.41) is 6.60. The smallest absolute Gasteiger partial charge is 0.346 e. The number of rotatable bonds is 4. The maximum atomic E-state index is 11.5. The Morgan fingerprint density at radius 3 is 2.67 bits per heavy atom. The van der Waals surface area contributed by atoms with Crippen LogP contribution in [0.25, 0.3) is 0 Å². The van der Waals surface area contributed by atoms with Crippen molar-refractivity contribution in [1.82, 2.24) is 14.3 Å². The number of methoxy groups -OCH3 is 1. The molecule has 0 aromatic carbocycles. The number of aromatic nitrogens is 3. The fourth-order valence-corrected chi connectivity index (χ4v) is 1.08. The third-order valence-electron chi connectivity index (χ3n) is 1.92. The van der Waals surface area contributed by atoms with E-state index in [1.807, 2.05) is 0 Å². The highest BCUT2D eigenvalue weighted by atomic mass is 16.5. The van der Waals surface area contributed by atoms with Gasteiger partial charge in [-0.2, -0.15) is 0 Å². The van der Waals surface area contributed by atoms with Crippen molar-refractivity contribution in [1.29, 1.82) is 0 Å². The molecule has 0 fully saturated rings. The number of anilines is 1. The van der Waals surface area contributed by atoms with Crippen LogP contribution in [0.1, 0.15) is 0 Å². The Bertz CT molecular complexity index is 448. The molecule has 1 heterocycles. The fourth-order valence-electron chi connectivity index (χ4n) is 1.08. The predicted octanol–water partition coefficient (Wildman–Crippen LogP) is -1.46. The first kappa shape index (κ1) is 11.4. The molecule has 1 rings (SSSR count). The van der Waals surface area contributed by atoms with Crippen LogP contribution < -0.4 is 16.6 Å². The molecule has 0 aliphatic carbocycles. The van der Waals surface area contributed by atoms with Crippen LogP contribution in [-0.2, 0) is 18.8 Å². The number of hydrogen-bond donors (Lipinski definition) is 1. The molecule has 0 saturated carbocycles. The molecule has 84 valence electrons. The number of aryl methyl sites for hydroxylation is 1. The standard InChI is InChI=1S/C8H14N4O3/c1-11-7(13)6(9-4-5-15-3)10-12(2)8(11)14/h4-5H2,1-3H3,(H,9,10). The van der Waals surface area contributed by atoms with Crippen molar-refractivity contribution in [2.45, 2.75) is 0 Å². The van der Waals surface area contributed by atoms with Crippen molar-refractivity contribution in [3.63, 3.8) is 0 Å². The molecule has 0 atom stereocenters. The first-order valence-corrected chi connectivity index (χ1v) is 4.45. The van der Waals surface area contributed by atoms with Crippen molar-refractivity contribution in [3.05, 3.63) is 20.8 Å². The van der Waals surface area contributed by atoms with Gasteiger partial charge in [-0.15, -0.1) is 5.10 Å². The van der Waals surface area contributed by atoms with Gasteiger partial charge in [-0.25, -0.2) is 9.48 Å². The first-order valence-electron chi connectivity index (χ1n) is 4.45. The molecule has 7 heteroatoms. The Balaban J connectivity index is 3.00. The number of ether oxygens (including phenoxy) is 1. The second kappa shape index (κ2) is 4.74. The lowest BCUT2D eigenvalue weighted by atomic mass is 10.6. The first-order chi connectivity index (χ1) is 7.07. The summed E-state index contributed by atoms with van der Waals surface area (Å²) in [7, 11) is 4.46. The Hall–Kier alpha value is -1.63. The maximum absolute atomic E-state index is 11.5. The Morgan fingerprint density at radius 1 is 1.40 bits per heavy atom. The van der Waals surface area contributed by atoms with E-state index in [2.05, 4.69) is 10.4 Å². The highest BCUT2D eigenvalue weighted by Gasteiger charge is 2.06. The molecule has 15 heavy (non-hydrogen) atoms. The summed E-state index contributed by atoms with van der Waals surface area (Å²) in [4.78, 5) is 22.8. The Labute approximate surface area is 86.3 Å². The zero-order valence-corrected chi connectivity index (χ0v) is 8.98. The lowest BCUT2D eigenvalue weighted by molar-refractivity contribution is 0.210. The zero-order chi connectivity index (χ0) is 11.4. The van der Waals surface area contributed by atoms with Crippen molar-refractivity contribution in [2.75, 3.05) is 25.6 Å². The summed E-state index contributed by atoms with van der Waals surface area (Å²) in [6.45, 7) is 0.935. The van der Waals surface area contributed by atoms with Gasteiger partial charge in [0.05, 0.1) is 6.61 Å². The Morgan fingerprint density at radius 2 is 2.07 bits per heavy atom. The quantitative estimate of drug-likeness (QED) is 0.619. The second-order valence-corrected chi connectivity index (χ2v) is 3.04. The molecular weight excluding hydrogens is 200 g/mol. The maximum Gasteiger partial charge on any atom is 0.346 e. The molecule has 1 N–H and O–H groups in total. The summed E-state index contributed by atoms with van der Waals surface area (Å²) >= 11 is 0. The molecule has 0 amide bonds. The molecule has 0 unspecified atom stereocenters. The fraction of sp³-hybridized carbons (Fsp3) is 0.625. The lowest BCUT2D eigenvalue weighted by Gasteiger charge is -2.06. The van der Waals surface area contributed by atoms with E-state index >= 15 is 0 Å². The van der Waals surface area contributed by atoms with Gasteiger partial charge in [-0.05, 0) is 0 Å². The summed E-state index contributed by atoms with van der Waals surface area (Å²) in [5.41, 5.74) is -0.883. The van der Waals surface area contributed by atoms with E-state index in [-0.39, 0.29) is 5.82 Å². The van der Waals surface area contributed by atoms with Crippen LogP contribution in [0.2, 0.25) is 0 Å². The highest BCUT2D eigenvalue weighted by Crippen LogP contribution is 1.87. The normalized spacial score (nSPS) is 10.3. The van der Waals surface area contributed by atoms with Gasteiger partial charge in [0.15, 0.2) is 0 Å². The molecule has 0 radical (unpaired) electrons. The molecule has 0 bridgehead atoms. The molecular formula is C8H14N4O3. The van der Waals surface area contributed by atoms with E-state index in [0.29, 0.717) is 13.2 Å². The van der Waals surface area contributed by atoms with Crippen LogP contribution in [0, 0.1) is 0 Å². The molecule has 0 spiro atoms. The van der Waals surface area contributed by atoms with E-state index in [4.69, 9.17) is 4.74 Å². The van der Waals surface area contributed by atoms with Crippen LogP contribution >= 0.6 is 0 Å². The SMILES string of the molecule is COCCNc1nn(C)c(=O)n(C)c1=O. The zero-order valence-electron chi connectivity index (χ0n) is 8.98. The van der Waals surface area contributed by atoms with E-state index in [1.165, 1.54) is 14.1 Å². The predicted molar refractivity (Wildman–Crippen MR) is 55.1 cm³/mol. The number of nitrogens with zero attached hydrogens (tertiary/aromatic N) is 3. The molecule has 1 aromatic heterocycles. The average Bonchev–Trinajstić information content (AvgIpc) is 2.23. The van der Waals surface area contributed by atoms with Gasteiger partial charge in [-0.1, -0.05) is 0 Å². The largest absolute Gasteiger partial charge is 0.383 e. The molecule has 0 aliphatic rings. The summed E-state index contributed by atoms with van der Waals surface area (Å²) in [6, 6.07) is 0.